The molecule has 5 nitrogen and oxygen atoms in total. The summed E-state index contributed by atoms with van der Waals surface area (Å²) in [4.78, 5) is 11.8. The predicted molar refractivity (Wildman–Crippen MR) is 83.5 cm³/mol. The number of nitrogens with one attached hydrogen (secondary N) is 1. The Morgan fingerprint density at radius 2 is 2.14 bits per heavy atom. The molecule has 1 aromatic carbocycles. The number of para-hydroxylation sites is 1. The monoisotopic (exact) mass is 292 g/mol. The Bertz CT molecular complexity index is 496. The number of ether oxygens (including phenoxy) is 2. The largest absolute Gasteiger partial charge is 0.462 e. The molecule has 1 aliphatic rings. The maximum Gasteiger partial charge on any atom is 0.340 e. The number of benzene rings is 1. The highest BCUT2D eigenvalue weighted by Gasteiger charge is 2.27. The molecule has 0 atom stereocenters. The van der Waals surface area contributed by atoms with Gasteiger partial charge in [-0.25, -0.2) is 4.79 Å². The third kappa shape index (κ3) is 3.88. The van der Waals surface area contributed by atoms with Crippen molar-refractivity contribution in [2.75, 3.05) is 37.4 Å². The van der Waals surface area contributed by atoms with Gasteiger partial charge in [0.05, 0.1) is 23.5 Å². The van der Waals surface area contributed by atoms with Crippen LogP contribution in [0.4, 0.5) is 11.4 Å². The van der Waals surface area contributed by atoms with Crippen molar-refractivity contribution in [3.8, 4) is 0 Å². The lowest BCUT2D eigenvalue weighted by molar-refractivity contribution is 0.0300. The molecule has 0 spiro atoms. The number of hydrogen-bond donors (Lipinski definition) is 2. The molecular formula is C16H24N2O3. The second-order valence-corrected chi connectivity index (χ2v) is 5.76. The van der Waals surface area contributed by atoms with Gasteiger partial charge in [0.1, 0.15) is 0 Å². The van der Waals surface area contributed by atoms with E-state index >= 15 is 0 Å². The van der Waals surface area contributed by atoms with Crippen LogP contribution in [0.3, 0.4) is 0 Å². The minimum Gasteiger partial charge on any atom is -0.462 e. The van der Waals surface area contributed by atoms with Gasteiger partial charge in [0, 0.05) is 19.8 Å². The lowest BCUT2D eigenvalue weighted by Gasteiger charge is -2.34. The zero-order valence-electron chi connectivity index (χ0n) is 12.8. The summed E-state index contributed by atoms with van der Waals surface area (Å²) >= 11 is 0. The second-order valence-electron chi connectivity index (χ2n) is 5.76. The van der Waals surface area contributed by atoms with Gasteiger partial charge in [-0.2, -0.15) is 0 Å². The highest BCUT2D eigenvalue weighted by molar-refractivity contribution is 5.98. The summed E-state index contributed by atoms with van der Waals surface area (Å²) < 4.78 is 10.4. The van der Waals surface area contributed by atoms with E-state index in [1.807, 2.05) is 12.1 Å². The Labute approximate surface area is 125 Å². The van der Waals surface area contributed by atoms with E-state index in [0.717, 1.165) is 38.3 Å². The standard InChI is InChI=1S/C16H24N2O3/c1-3-21-15(19)12-5-4-6-13(14(12)17)18-11-16(2)7-9-20-10-8-16/h4-6,18H,3,7-11,17H2,1-2H3. The highest BCUT2D eigenvalue weighted by atomic mass is 16.5. The molecule has 3 N–H and O–H groups in total. The fourth-order valence-electron chi connectivity index (χ4n) is 2.46. The maximum absolute atomic E-state index is 11.8. The van der Waals surface area contributed by atoms with Crippen LogP contribution in [0, 0.1) is 5.41 Å². The SMILES string of the molecule is CCOC(=O)c1cccc(NCC2(C)CCOCC2)c1N. The van der Waals surface area contributed by atoms with Crippen molar-refractivity contribution in [2.45, 2.75) is 26.7 Å². The molecule has 1 saturated heterocycles. The molecule has 116 valence electrons. The molecule has 21 heavy (non-hydrogen) atoms. The van der Waals surface area contributed by atoms with Gasteiger partial charge in [-0.05, 0) is 37.3 Å². The number of carbonyl (C=O) groups is 1. The zero-order chi connectivity index (χ0) is 15.3. The molecule has 1 aliphatic heterocycles. The van der Waals surface area contributed by atoms with Crippen LogP contribution in [0.15, 0.2) is 18.2 Å². The molecule has 1 aromatic rings. The average Bonchev–Trinajstić information content (AvgIpc) is 2.47. The smallest absolute Gasteiger partial charge is 0.340 e. The fourth-order valence-corrected chi connectivity index (χ4v) is 2.46. The Hall–Kier alpha value is -1.75. The van der Waals surface area contributed by atoms with Crippen molar-refractivity contribution in [1.29, 1.82) is 0 Å². The van der Waals surface area contributed by atoms with Crippen molar-refractivity contribution >= 4 is 17.3 Å². The zero-order valence-corrected chi connectivity index (χ0v) is 12.8. The van der Waals surface area contributed by atoms with E-state index in [4.69, 9.17) is 15.2 Å². The summed E-state index contributed by atoms with van der Waals surface area (Å²) in [5, 5.41) is 3.37. The maximum atomic E-state index is 11.8. The molecular weight excluding hydrogens is 268 g/mol. The molecule has 2 rings (SSSR count). The van der Waals surface area contributed by atoms with Crippen molar-refractivity contribution in [3.05, 3.63) is 23.8 Å². The topological polar surface area (TPSA) is 73.6 Å². The number of nitrogen functional groups attached to an aromatic ring is 1. The summed E-state index contributed by atoms with van der Waals surface area (Å²) in [5.41, 5.74) is 7.94. The van der Waals surface area contributed by atoms with E-state index in [9.17, 15) is 4.79 Å². The van der Waals surface area contributed by atoms with Crippen molar-refractivity contribution in [3.63, 3.8) is 0 Å². The lowest BCUT2D eigenvalue weighted by atomic mass is 9.82. The second kappa shape index (κ2) is 6.80. The first kappa shape index (κ1) is 15.6. The number of rotatable bonds is 5. The minimum atomic E-state index is -0.379. The summed E-state index contributed by atoms with van der Waals surface area (Å²) in [6.07, 6.45) is 2.05. The van der Waals surface area contributed by atoms with E-state index in [1.165, 1.54) is 0 Å². The minimum absolute atomic E-state index is 0.199. The number of carbonyl (C=O) groups excluding carboxylic acids is 1. The van der Waals surface area contributed by atoms with Crippen LogP contribution in [0.25, 0.3) is 0 Å². The number of esters is 1. The molecule has 0 radical (unpaired) electrons. The quantitative estimate of drug-likeness (QED) is 0.645. The number of hydrogen-bond acceptors (Lipinski definition) is 5. The third-order valence-corrected chi connectivity index (χ3v) is 4.01. The van der Waals surface area contributed by atoms with Crippen LogP contribution in [0.2, 0.25) is 0 Å². The molecule has 0 amide bonds. The summed E-state index contributed by atoms with van der Waals surface area (Å²) in [6, 6.07) is 5.40. The Kier molecular flexibility index (Phi) is 5.07. The van der Waals surface area contributed by atoms with Crippen LogP contribution in [0.1, 0.15) is 37.0 Å². The van der Waals surface area contributed by atoms with Gasteiger partial charge in [0.15, 0.2) is 0 Å². The van der Waals surface area contributed by atoms with Gasteiger partial charge < -0.3 is 20.5 Å². The van der Waals surface area contributed by atoms with Gasteiger partial charge in [0.25, 0.3) is 0 Å². The Morgan fingerprint density at radius 1 is 1.43 bits per heavy atom. The van der Waals surface area contributed by atoms with Crippen molar-refractivity contribution in [1.82, 2.24) is 0 Å². The third-order valence-electron chi connectivity index (χ3n) is 4.01. The van der Waals surface area contributed by atoms with Gasteiger partial charge in [-0.15, -0.1) is 0 Å². The highest BCUT2D eigenvalue weighted by Crippen LogP contribution is 2.31. The van der Waals surface area contributed by atoms with Gasteiger partial charge in [-0.3, -0.25) is 0 Å². The number of nitrogens with two attached hydrogens (primary N) is 1. The van der Waals surface area contributed by atoms with E-state index < -0.39 is 0 Å². The fraction of sp³-hybridized carbons (Fsp3) is 0.562. The molecule has 1 heterocycles. The van der Waals surface area contributed by atoms with E-state index in [1.54, 1.807) is 13.0 Å². The molecule has 0 unspecified atom stereocenters. The molecule has 0 aliphatic carbocycles. The average molecular weight is 292 g/mol. The van der Waals surface area contributed by atoms with Crippen LogP contribution in [-0.4, -0.2) is 32.3 Å². The predicted octanol–water partition coefficient (Wildman–Crippen LogP) is 2.67. The normalized spacial score (nSPS) is 17.2. The summed E-state index contributed by atoms with van der Waals surface area (Å²) in [5.74, 6) is -0.379. The Balaban J connectivity index is 2.06. The van der Waals surface area contributed by atoms with E-state index in [2.05, 4.69) is 12.2 Å². The van der Waals surface area contributed by atoms with E-state index in [0.29, 0.717) is 17.9 Å². The Morgan fingerprint density at radius 3 is 2.81 bits per heavy atom. The molecule has 1 fully saturated rings. The van der Waals surface area contributed by atoms with Gasteiger partial charge >= 0.3 is 5.97 Å². The van der Waals surface area contributed by atoms with Crippen LogP contribution in [-0.2, 0) is 9.47 Å². The van der Waals surface area contributed by atoms with Crippen LogP contribution in [0.5, 0.6) is 0 Å². The first-order chi connectivity index (χ1) is 10.1. The number of anilines is 2. The molecule has 5 heteroatoms. The molecule has 0 saturated carbocycles. The van der Waals surface area contributed by atoms with Crippen molar-refractivity contribution < 1.29 is 14.3 Å². The molecule has 0 aromatic heterocycles. The first-order valence-corrected chi connectivity index (χ1v) is 7.43. The van der Waals surface area contributed by atoms with E-state index in [-0.39, 0.29) is 11.4 Å². The van der Waals surface area contributed by atoms with Crippen LogP contribution < -0.4 is 11.1 Å². The molecule has 0 bridgehead atoms. The van der Waals surface area contributed by atoms with Crippen molar-refractivity contribution in [2.24, 2.45) is 5.41 Å². The first-order valence-electron chi connectivity index (χ1n) is 7.43. The van der Waals surface area contributed by atoms with Gasteiger partial charge in [-0.1, -0.05) is 13.0 Å². The summed E-state index contributed by atoms with van der Waals surface area (Å²) in [6.45, 7) is 6.78. The lowest BCUT2D eigenvalue weighted by Crippen LogP contribution is -2.33. The summed E-state index contributed by atoms with van der Waals surface area (Å²) in [7, 11) is 0. The van der Waals surface area contributed by atoms with Crippen LogP contribution >= 0.6 is 0 Å². The van der Waals surface area contributed by atoms with Gasteiger partial charge in [0.2, 0.25) is 0 Å².